The van der Waals surface area contributed by atoms with E-state index in [2.05, 4.69) is 17.4 Å². The van der Waals surface area contributed by atoms with E-state index in [4.69, 9.17) is 19.6 Å². The van der Waals surface area contributed by atoms with E-state index in [0.717, 1.165) is 22.3 Å². The van der Waals surface area contributed by atoms with Crippen molar-refractivity contribution in [1.29, 1.82) is 0 Å². The summed E-state index contributed by atoms with van der Waals surface area (Å²) in [6.45, 7) is 4.84. The van der Waals surface area contributed by atoms with Crippen LogP contribution in [0.1, 0.15) is 35.6 Å². The highest BCUT2D eigenvalue weighted by atomic mass is 19.1. The largest absolute Gasteiger partial charge is 0.494 e. The normalized spacial score (nSPS) is 17.4. The lowest BCUT2D eigenvalue weighted by Gasteiger charge is -2.29. The summed E-state index contributed by atoms with van der Waals surface area (Å²) < 4.78 is 25.4. The van der Waals surface area contributed by atoms with Crippen LogP contribution in [0, 0.1) is 5.82 Å². The Bertz CT molecular complexity index is 1560. The van der Waals surface area contributed by atoms with Crippen LogP contribution in [-0.4, -0.2) is 42.2 Å². The first-order valence-electron chi connectivity index (χ1n) is 14.7. The first-order chi connectivity index (χ1) is 21.5. The smallest absolute Gasteiger partial charge is 0.266 e. The summed E-state index contributed by atoms with van der Waals surface area (Å²) in [5.74, 6) is 0.359. The van der Waals surface area contributed by atoms with Crippen LogP contribution < -0.4 is 15.6 Å². The fourth-order valence-corrected chi connectivity index (χ4v) is 5.13. The van der Waals surface area contributed by atoms with E-state index < -0.39 is 11.6 Å². The Balaban J connectivity index is 1.40. The molecule has 5 rings (SSSR count). The first-order valence-corrected chi connectivity index (χ1v) is 14.7. The van der Waals surface area contributed by atoms with Crippen molar-refractivity contribution in [3.8, 4) is 16.9 Å². The average molecular weight is 594 g/mol. The molecule has 0 bridgehead atoms. The predicted molar refractivity (Wildman–Crippen MR) is 170 cm³/mol. The number of rotatable bonds is 14. The van der Waals surface area contributed by atoms with Gasteiger partial charge in [0.25, 0.3) is 5.91 Å². The van der Waals surface area contributed by atoms with Gasteiger partial charge in [-0.05, 0) is 65.1 Å². The molecule has 1 heterocycles. The van der Waals surface area contributed by atoms with Gasteiger partial charge in [-0.15, -0.1) is 6.58 Å². The minimum atomic E-state index is -1.33. The number of aliphatic hydroxyl groups excluding tert-OH is 1. The maximum Gasteiger partial charge on any atom is 0.266 e. The Labute approximate surface area is 257 Å². The number of hydrogen-bond acceptors (Lipinski definition) is 6. The van der Waals surface area contributed by atoms with E-state index in [0.29, 0.717) is 43.2 Å². The van der Waals surface area contributed by atoms with Gasteiger partial charge in [-0.1, -0.05) is 72.8 Å². The molecular formula is C36H36FN3O4. The number of hydrogen-bond donors (Lipinski definition) is 3. The van der Waals surface area contributed by atoms with Crippen LogP contribution in [0.2, 0.25) is 0 Å². The van der Waals surface area contributed by atoms with E-state index in [1.165, 1.54) is 12.1 Å². The maximum absolute atomic E-state index is 14.0. The third kappa shape index (κ3) is 7.22. The number of nitrogens with zero attached hydrogens (tertiary/aromatic N) is 1. The third-order valence-corrected chi connectivity index (χ3v) is 7.46. The summed E-state index contributed by atoms with van der Waals surface area (Å²) in [4.78, 5) is 18.9. The molecule has 0 spiro atoms. The Morgan fingerprint density at radius 1 is 0.955 bits per heavy atom. The SMILES string of the molecule is C=CC[C@]1(C(=O)NNCCc2ccc(F)cc2)N=C(c2ccc(OCCCO)cc2)O[C@H]1c1ccc(-c2ccccc2)cc1. The molecule has 8 heteroatoms. The lowest BCUT2D eigenvalue weighted by molar-refractivity contribution is -0.129. The Morgan fingerprint density at radius 2 is 1.64 bits per heavy atom. The molecule has 226 valence electrons. The summed E-state index contributed by atoms with van der Waals surface area (Å²) in [6.07, 6.45) is 2.32. The summed E-state index contributed by atoms with van der Waals surface area (Å²) in [5.41, 5.74) is 9.10. The molecule has 4 aromatic rings. The molecule has 3 N–H and O–H groups in total. The van der Waals surface area contributed by atoms with Crippen LogP contribution in [0.25, 0.3) is 11.1 Å². The molecule has 0 radical (unpaired) electrons. The van der Waals surface area contributed by atoms with Crippen LogP contribution in [0.15, 0.2) is 121 Å². The molecule has 7 nitrogen and oxygen atoms in total. The van der Waals surface area contributed by atoms with Crippen LogP contribution in [0.5, 0.6) is 5.75 Å². The highest BCUT2D eigenvalue weighted by Crippen LogP contribution is 2.43. The number of carbonyl (C=O) groups excluding carboxylic acids is 1. The molecular weight excluding hydrogens is 557 g/mol. The Morgan fingerprint density at radius 3 is 2.32 bits per heavy atom. The van der Waals surface area contributed by atoms with Crippen molar-refractivity contribution in [2.45, 2.75) is 30.9 Å². The van der Waals surface area contributed by atoms with Crippen LogP contribution in [-0.2, 0) is 16.0 Å². The van der Waals surface area contributed by atoms with Crippen molar-refractivity contribution in [3.05, 3.63) is 138 Å². The van der Waals surface area contributed by atoms with Gasteiger partial charge in [0.2, 0.25) is 5.90 Å². The van der Waals surface area contributed by atoms with E-state index in [-0.39, 0.29) is 24.8 Å². The fourth-order valence-electron chi connectivity index (χ4n) is 5.13. The van der Waals surface area contributed by atoms with Gasteiger partial charge in [-0.2, -0.15) is 0 Å². The van der Waals surface area contributed by atoms with E-state index in [9.17, 15) is 9.18 Å². The van der Waals surface area contributed by atoms with Crippen molar-refractivity contribution < 1.29 is 23.8 Å². The number of halogens is 1. The summed E-state index contributed by atoms with van der Waals surface area (Å²) in [7, 11) is 0. The Kier molecular flexibility index (Phi) is 10.2. The minimum absolute atomic E-state index is 0.0605. The van der Waals surface area contributed by atoms with E-state index in [1.54, 1.807) is 18.2 Å². The predicted octanol–water partition coefficient (Wildman–Crippen LogP) is 5.95. The molecule has 0 saturated carbocycles. The van der Waals surface area contributed by atoms with Crippen LogP contribution >= 0.6 is 0 Å². The molecule has 44 heavy (non-hydrogen) atoms. The zero-order chi connectivity index (χ0) is 30.8. The second-order valence-electron chi connectivity index (χ2n) is 10.5. The highest BCUT2D eigenvalue weighted by Gasteiger charge is 2.52. The average Bonchev–Trinajstić information content (AvgIpc) is 3.45. The van der Waals surface area contributed by atoms with Gasteiger partial charge in [0.1, 0.15) is 11.6 Å². The molecule has 0 unspecified atom stereocenters. The number of amides is 1. The molecule has 1 aliphatic heterocycles. The van der Waals surface area contributed by atoms with Gasteiger partial charge in [-0.25, -0.2) is 14.8 Å². The van der Waals surface area contributed by atoms with Crippen molar-refractivity contribution in [2.24, 2.45) is 4.99 Å². The second-order valence-corrected chi connectivity index (χ2v) is 10.5. The van der Waals surface area contributed by atoms with Crippen molar-refractivity contribution in [1.82, 2.24) is 10.9 Å². The van der Waals surface area contributed by atoms with Gasteiger partial charge < -0.3 is 14.6 Å². The number of nitrogens with one attached hydrogen (secondary N) is 2. The van der Waals surface area contributed by atoms with Gasteiger partial charge >= 0.3 is 0 Å². The lowest BCUT2D eigenvalue weighted by Crippen LogP contribution is -2.52. The number of aliphatic hydroxyl groups is 1. The molecule has 2 atom stereocenters. The molecule has 1 aliphatic rings. The number of ether oxygens (including phenoxy) is 2. The summed E-state index contributed by atoms with van der Waals surface area (Å²) in [6, 6.07) is 31.6. The highest BCUT2D eigenvalue weighted by molar-refractivity contribution is 6.01. The standard InChI is InChI=1S/C36H36FN3O4/c1-2-22-36(35(42)40-38-23-21-26-9-17-31(37)18-10-26)33(29-13-11-28(12-14-29)27-7-4-3-5-8-27)44-34(39-36)30-15-19-32(20-16-30)43-25-6-24-41/h2-5,7-20,33,38,41H,1,6,21-25H2,(H,40,42)/t33-,36-/m0/s1. The zero-order valence-corrected chi connectivity index (χ0v) is 24.4. The van der Waals surface area contributed by atoms with Crippen LogP contribution in [0.4, 0.5) is 4.39 Å². The number of hydrazine groups is 1. The van der Waals surface area contributed by atoms with Crippen molar-refractivity contribution in [3.63, 3.8) is 0 Å². The topological polar surface area (TPSA) is 92.2 Å². The van der Waals surface area contributed by atoms with Gasteiger partial charge in [-0.3, -0.25) is 10.2 Å². The van der Waals surface area contributed by atoms with Gasteiger partial charge in [0.05, 0.1) is 6.61 Å². The van der Waals surface area contributed by atoms with E-state index >= 15 is 0 Å². The van der Waals surface area contributed by atoms with Gasteiger partial charge in [0.15, 0.2) is 11.6 Å². The maximum atomic E-state index is 14.0. The lowest BCUT2D eigenvalue weighted by atomic mass is 9.84. The Hall–Kier alpha value is -4.79. The number of benzene rings is 4. The fraction of sp³-hybridized carbons (Fsp3) is 0.222. The number of aliphatic imine (C=N–C) groups is 1. The zero-order valence-electron chi connectivity index (χ0n) is 24.4. The monoisotopic (exact) mass is 593 g/mol. The quantitative estimate of drug-likeness (QED) is 0.0955. The molecule has 0 fully saturated rings. The minimum Gasteiger partial charge on any atom is -0.494 e. The summed E-state index contributed by atoms with van der Waals surface area (Å²) in [5, 5.41) is 9.02. The number of carbonyl (C=O) groups is 1. The van der Waals surface area contributed by atoms with Gasteiger partial charge in [0, 0.05) is 31.6 Å². The molecule has 0 aromatic heterocycles. The molecule has 4 aromatic carbocycles. The summed E-state index contributed by atoms with van der Waals surface area (Å²) >= 11 is 0. The molecule has 1 amide bonds. The first kappa shape index (κ1) is 30.7. The van der Waals surface area contributed by atoms with E-state index in [1.807, 2.05) is 78.9 Å². The molecule has 0 saturated heterocycles. The van der Waals surface area contributed by atoms with Crippen LogP contribution in [0.3, 0.4) is 0 Å². The van der Waals surface area contributed by atoms with Crippen molar-refractivity contribution >= 4 is 11.8 Å². The second kappa shape index (κ2) is 14.6. The molecule has 0 aliphatic carbocycles. The third-order valence-electron chi connectivity index (χ3n) is 7.46. The van der Waals surface area contributed by atoms with Crippen molar-refractivity contribution in [2.75, 3.05) is 19.8 Å².